The Morgan fingerprint density at radius 1 is 1.29 bits per heavy atom. The third-order valence-corrected chi connectivity index (χ3v) is 2.62. The summed E-state index contributed by atoms with van der Waals surface area (Å²) in [7, 11) is 0. The normalized spacial score (nSPS) is 10.4. The van der Waals surface area contributed by atoms with E-state index in [0.29, 0.717) is 10.5 Å². The topological polar surface area (TPSA) is 67.2 Å². The van der Waals surface area contributed by atoms with E-state index in [1.165, 1.54) is 38.3 Å². The van der Waals surface area contributed by atoms with Crippen molar-refractivity contribution in [3.8, 4) is 0 Å². The van der Waals surface area contributed by atoms with Crippen LogP contribution in [0.3, 0.4) is 0 Å². The lowest BCUT2D eigenvalue weighted by Crippen LogP contribution is -2.21. The van der Waals surface area contributed by atoms with E-state index in [1.54, 1.807) is 6.07 Å². The van der Waals surface area contributed by atoms with Crippen LogP contribution in [-0.4, -0.2) is 21.5 Å². The molecule has 0 fully saturated rings. The molecular formula is C12H21N3O2. The molecule has 0 saturated heterocycles. The van der Waals surface area contributed by atoms with Gasteiger partial charge in [-0.1, -0.05) is 39.0 Å². The van der Waals surface area contributed by atoms with E-state index in [1.807, 2.05) is 0 Å². The standard InChI is InChI=1S/C12H21N3O2/c1-2-3-4-5-6-7-9-13-11-8-10-15(17)12(16)14-11/h8,10,17H,2-7,9H2,1H3,(H,13,14,16). The van der Waals surface area contributed by atoms with Crippen molar-refractivity contribution >= 4 is 5.82 Å². The molecule has 0 aliphatic rings. The molecular weight excluding hydrogens is 218 g/mol. The zero-order valence-electron chi connectivity index (χ0n) is 10.4. The fraction of sp³-hybridized carbons (Fsp3) is 0.667. The number of hydrogen-bond donors (Lipinski definition) is 2. The second kappa shape index (κ2) is 7.70. The number of unbranched alkanes of at least 4 members (excludes halogenated alkanes) is 5. The number of rotatable bonds is 8. The van der Waals surface area contributed by atoms with Gasteiger partial charge in [0, 0.05) is 12.6 Å². The van der Waals surface area contributed by atoms with Gasteiger partial charge in [0.15, 0.2) is 0 Å². The van der Waals surface area contributed by atoms with Crippen molar-refractivity contribution in [3.63, 3.8) is 0 Å². The van der Waals surface area contributed by atoms with Crippen LogP contribution in [-0.2, 0) is 0 Å². The van der Waals surface area contributed by atoms with E-state index < -0.39 is 5.69 Å². The van der Waals surface area contributed by atoms with Crippen LogP contribution in [0, 0.1) is 0 Å². The Morgan fingerprint density at radius 3 is 2.71 bits per heavy atom. The minimum Gasteiger partial charge on any atom is -0.424 e. The van der Waals surface area contributed by atoms with Crippen LogP contribution in [0.2, 0.25) is 0 Å². The van der Waals surface area contributed by atoms with Gasteiger partial charge < -0.3 is 10.5 Å². The number of anilines is 1. The van der Waals surface area contributed by atoms with Crippen LogP contribution < -0.4 is 11.0 Å². The Hall–Kier alpha value is -1.52. The summed E-state index contributed by atoms with van der Waals surface area (Å²) in [5, 5.41) is 12.0. The van der Waals surface area contributed by atoms with Gasteiger partial charge >= 0.3 is 5.69 Å². The molecule has 2 N–H and O–H groups in total. The van der Waals surface area contributed by atoms with E-state index >= 15 is 0 Å². The molecule has 5 heteroatoms. The lowest BCUT2D eigenvalue weighted by atomic mass is 10.1. The first-order chi connectivity index (χ1) is 8.24. The molecule has 17 heavy (non-hydrogen) atoms. The molecule has 0 atom stereocenters. The van der Waals surface area contributed by atoms with Gasteiger partial charge in [-0.3, -0.25) is 0 Å². The highest BCUT2D eigenvalue weighted by molar-refractivity contribution is 5.31. The summed E-state index contributed by atoms with van der Waals surface area (Å²) in [5.74, 6) is 0.522. The number of hydrogen-bond acceptors (Lipinski definition) is 4. The predicted molar refractivity (Wildman–Crippen MR) is 67.5 cm³/mol. The zero-order valence-corrected chi connectivity index (χ0v) is 10.4. The highest BCUT2D eigenvalue weighted by atomic mass is 16.5. The van der Waals surface area contributed by atoms with Crippen molar-refractivity contribution < 1.29 is 5.21 Å². The van der Waals surface area contributed by atoms with E-state index in [-0.39, 0.29) is 0 Å². The summed E-state index contributed by atoms with van der Waals surface area (Å²) in [5.41, 5.74) is -0.655. The van der Waals surface area contributed by atoms with E-state index in [4.69, 9.17) is 5.21 Å². The van der Waals surface area contributed by atoms with Crippen molar-refractivity contribution in [2.24, 2.45) is 0 Å². The van der Waals surface area contributed by atoms with Crippen molar-refractivity contribution in [3.05, 3.63) is 22.7 Å². The first-order valence-electron chi connectivity index (χ1n) is 6.27. The van der Waals surface area contributed by atoms with Crippen LogP contribution in [0.1, 0.15) is 45.4 Å². The van der Waals surface area contributed by atoms with Gasteiger partial charge in [-0.05, 0) is 6.42 Å². The Balaban J connectivity index is 2.14. The van der Waals surface area contributed by atoms with Crippen LogP contribution in [0.15, 0.2) is 17.1 Å². The fourth-order valence-corrected chi connectivity index (χ4v) is 1.62. The van der Waals surface area contributed by atoms with Gasteiger partial charge in [0.25, 0.3) is 0 Å². The molecule has 1 aromatic rings. The highest BCUT2D eigenvalue weighted by Crippen LogP contribution is 2.05. The van der Waals surface area contributed by atoms with E-state index in [0.717, 1.165) is 13.0 Å². The molecule has 5 nitrogen and oxygen atoms in total. The Morgan fingerprint density at radius 2 is 2.00 bits per heavy atom. The van der Waals surface area contributed by atoms with Gasteiger partial charge in [-0.25, -0.2) is 4.79 Å². The van der Waals surface area contributed by atoms with Crippen molar-refractivity contribution in [1.29, 1.82) is 0 Å². The summed E-state index contributed by atoms with van der Waals surface area (Å²) in [6.07, 6.45) is 8.70. The molecule has 1 aromatic heterocycles. The molecule has 1 rings (SSSR count). The molecule has 0 radical (unpaired) electrons. The van der Waals surface area contributed by atoms with Gasteiger partial charge in [0.05, 0.1) is 6.20 Å². The summed E-state index contributed by atoms with van der Waals surface area (Å²) in [6, 6.07) is 1.58. The van der Waals surface area contributed by atoms with Gasteiger partial charge in [0.1, 0.15) is 5.82 Å². The summed E-state index contributed by atoms with van der Waals surface area (Å²) in [6.45, 7) is 3.02. The minimum absolute atomic E-state index is 0.468. The average molecular weight is 239 g/mol. The van der Waals surface area contributed by atoms with Crippen LogP contribution in [0.5, 0.6) is 0 Å². The van der Waals surface area contributed by atoms with Crippen LogP contribution in [0.4, 0.5) is 5.82 Å². The first-order valence-corrected chi connectivity index (χ1v) is 6.27. The molecule has 0 aliphatic carbocycles. The van der Waals surface area contributed by atoms with Crippen LogP contribution >= 0.6 is 0 Å². The maximum atomic E-state index is 11.0. The zero-order chi connectivity index (χ0) is 12.5. The molecule has 0 unspecified atom stereocenters. The largest absolute Gasteiger partial charge is 0.424 e. The number of nitrogens with one attached hydrogen (secondary N) is 1. The van der Waals surface area contributed by atoms with Gasteiger partial charge in [-0.15, -0.1) is 4.73 Å². The lowest BCUT2D eigenvalue weighted by Gasteiger charge is -2.05. The summed E-state index contributed by atoms with van der Waals surface area (Å²) < 4.78 is 0.468. The van der Waals surface area contributed by atoms with Crippen LogP contribution in [0.25, 0.3) is 0 Å². The number of aromatic nitrogens is 2. The summed E-state index contributed by atoms with van der Waals surface area (Å²) >= 11 is 0. The second-order valence-corrected chi connectivity index (χ2v) is 4.13. The third-order valence-electron chi connectivity index (χ3n) is 2.62. The predicted octanol–water partition coefficient (Wildman–Crippen LogP) is 2.25. The van der Waals surface area contributed by atoms with Gasteiger partial charge in [-0.2, -0.15) is 4.98 Å². The van der Waals surface area contributed by atoms with E-state index in [9.17, 15) is 4.79 Å². The van der Waals surface area contributed by atoms with Crippen molar-refractivity contribution in [2.45, 2.75) is 45.4 Å². The molecule has 0 aromatic carbocycles. The molecule has 0 aliphatic heterocycles. The fourth-order valence-electron chi connectivity index (χ4n) is 1.62. The maximum absolute atomic E-state index is 11.0. The Bertz CT molecular complexity index is 376. The smallest absolute Gasteiger partial charge is 0.382 e. The summed E-state index contributed by atoms with van der Waals surface area (Å²) in [4.78, 5) is 14.7. The molecule has 0 bridgehead atoms. The highest BCUT2D eigenvalue weighted by Gasteiger charge is 1.97. The monoisotopic (exact) mass is 239 g/mol. The number of nitrogens with zero attached hydrogens (tertiary/aromatic N) is 2. The van der Waals surface area contributed by atoms with Crippen molar-refractivity contribution in [2.75, 3.05) is 11.9 Å². The first kappa shape index (κ1) is 13.5. The van der Waals surface area contributed by atoms with Crippen molar-refractivity contribution in [1.82, 2.24) is 9.71 Å². The average Bonchev–Trinajstić information content (AvgIpc) is 2.32. The Kier molecular flexibility index (Phi) is 6.14. The quantitative estimate of drug-likeness (QED) is 0.539. The molecule has 1 heterocycles. The second-order valence-electron chi connectivity index (χ2n) is 4.13. The Labute approximate surface area is 101 Å². The molecule has 0 amide bonds. The molecule has 96 valence electrons. The van der Waals surface area contributed by atoms with Gasteiger partial charge in [0.2, 0.25) is 0 Å². The SMILES string of the molecule is CCCCCCCCNc1ccn(O)c(=O)n1. The third kappa shape index (κ3) is 5.38. The maximum Gasteiger partial charge on any atom is 0.382 e. The molecule has 0 saturated carbocycles. The lowest BCUT2D eigenvalue weighted by molar-refractivity contribution is 0.170. The minimum atomic E-state index is -0.655. The van der Waals surface area contributed by atoms with E-state index in [2.05, 4.69) is 17.2 Å². The molecule has 0 spiro atoms.